The summed E-state index contributed by atoms with van der Waals surface area (Å²) in [6, 6.07) is 17.3. The molecule has 0 saturated heterocycles. The van der Waals surface area contributed by atoms with E-state index in [1.165, 1.54) is 35.2 Å². The number of sulfone groups is 1. The lowest BCUT2D eigenvalue weighted by molar-refractivity contribution is -0.131. The monoisotopic (exact) mass is 542 g/mol. The predicted molar refractivity (Wildman–Crippen MR) is 140 cm³/mol. The second-order valence-electron chi connectivity index (χ2n) is 8.25. The zero-order chi connectivity index (χ0) is 26.6. The van der Waals surface area contributed by atoms with Crippen LogP contribution in [0.4, 0.5) is 5.69 Å². The van der Waals surface area contributed by atoms with Crippen LogP contribution in [0.5, 0.6) is 0 Å². The number of anilines is 1. The average molecular weight is 543 g/mol. The molecule has 10 heteroatoms. The molecule has 3 aromatic rings. The molecule has 2 amide bonds. The normalized spacial score (nSPS) is 14.2. The molecular weight excluding hydrogens is 516 g/mol. The van der Waals surface area contributed by atoms with Crippen LogP contribution < -0.4 is 10.2 Å². The fraction of sp³-hybridized carbons (Fsp3) is 0.259. The maximum atomic E-state index is 13.7. The lowest BCUT2D eigenvalue weighted by atomic mass is 10.1. The van der Waals surface area contributed by atoms with Crippen molar-refractivity contribution in [2.45, 2.75) is 36.5 Å². The van der Waals surface area contributed by atoms with Crippen LogP contribution in [-0.4, -0.2) is 46.3 Å². The molecule has 0 saturated carbocycles. The van der Waals surface area contributed by atoms with Crippen LogP contribution in [0.25, 0.3) is 0 Å². The molecule has 0 atom stereocenters. The van der Waals surface area contributed by atoms with Gasteiger partial charge in [0.2, 0.25) is 9.84 Å². The minimum absolute atomic E-state index is 0.0536. The lowest BCUT2D eigenvalue weighted by Gasteiger charge is -2.24. The number of rotatable bonds is 9. The Morgan fingerprint density at radius 3 is 2.41 bits per heavy atom. The lowest BCUT2D eigenvalue weighted by Crippen LogP contribution is -2.35. The van der Waals surface area contributed by atoms with E-state index in [-0.39, 0.29) is 39.7 Å². The van der Waals surface area contributed by atoms with Crippen LogP contribution in [0.15, 0.2) is 76.5 Å². The zero-order valence-corrected chi connectivity index (χ0v) is 22.0. The molecule has 0 bridgehead atoms. The number of nitrogens with zero attached hydrogens (tertiary/aromatic N) is 1. The van der Waals surface area contributed by atoms with Gasteiger partial charge < -0.3 is 19.7 Å². The van der Waals surface area contributed by atoms with Crippen LogP contribution in [-0.2, 0) is 25.9 Å². The fourth-order valence-electron chi connectivity index (χ4n) is 4.14. The molecule has 1 aliphatic heterocycles. The van der Waals surface area contributed by atoms with Crippen LogP contribution >= 0.6 is 11.6 Å². The van der Waals surface area contributed by atoms with Gasteiger partial charge in [-0.15, -0.1) is 0 Å². The molecule has 0 spiro atoms. The Labute approximate surface area is 221 Å². The van der Waals surface area contributed by atoms with Crippen LogP contribution in [0.3, 0.4) is 0 Å². The summed E-state index contributed by atoms with van der Waals surface area (Å²) >= 11 is 6.16. The molecule has 4 rings (SSSR count). The van der Waals surface area contributed by atoms with Crippen molar-refractivity contribution in [2.75, 3.05) is 24.7 Å². The Kier molecular flexibility index (Phi) is 8.29. The van der Waals surface area contributed by atoms with Crippen molar-refractivity contribution < 1.29 is 27.5 Å². The van der Waals surface area contributed by atoms with E-state index in [2.05, 4.69) is 5.32 Å². The summed E-state index contributed by atoms with van der Waals surface area (Å²) < 4.78 is 38.2. The number of benzene rings is 3. The molecule has 194 valence electrons. The van der Waals surface area contributed by atoms with Gasteiger partial charge in [0.05, 0.1) is 34.1 Å². The average Bonchev–Trinajstić information content (AvgIpc) is 2.95. The maximum Gasteiger partial charge on any atom is 0.259 e. The van der Waals surface area contributed by atoms with Gasteiger partial charge in [0.15, 0.2) is 6.29 Å². The smallest absolute Gasteiger partial charge is 0.259 e. The molecule has 0 unspecified atom stereocenters. The largest absolute Gasteiger partial charge is 0.351 e. The number of hydrogen-bond acceptors (Lipinski definition) is 6. The topological polar surface area (TPSA) is 102 Å². The Bertz CT molecular complexity index is 1420. The van der Waals surface area contributed by atoms with Crippen molar-refractivity contribution in [1.82, 2.24) is 5.32 Å². The van der Waals surface area contributed by atoms with Gasteiger partial charge in [-0.3, -0.25) is 9.59 Å². The number of fused-ring (bicyclic) bond motifs is 2. The minimum Gasteiger partial charge on any atom is -0.351 e. The van der Waals surface area contributed by atoms with E-state index >= 15 is 0 Å². The summed E-state index contributed by atoms with van der Waals surface area (Å²) in [4.78, 5) is 27.9. The first-order valence-corrected chi connectivity index (χ1v) is 13.7. The van der Waals surface area contributed by atoms with E-state index < -0.39 is 27.9 Å². The Morgan fingerprint density at radius 2 is 1.70 bits per heavy atom. The molecular formula is C27H27ClN2O6S. The van der Waals surface area contributed by atoms with E-state index in [1.807, 2.05) is 13.8 Å². The van der Waals surface area contributed by atoms with Crippen LogP contribution in [0, 0.1) is 0 Å². The van der Waals surface area contributed by atoms with Crippen molar-refractivity contribution in [3.8, 4) is 0 Å². The van der Waals surface area contributed by atoms with Crippen LogP contribution in [0.2, 0.25) is 5.02 Å². The maximum absolute atomic E-state index is 13.7. The molecule has 0 fully saturated rings. The van der Waals surface area contributed by atoms with Gasteiger partial charge >= 0.3 is 0 Å². The zero-order valence-electron chi connectivity index (χ0n) is 20.4. The van der Waals surface area contributed by atoms with Crippen molar-refractivity contribution in [2.24, 2.45) is 0 Å². The summed E-state index contributed by atoms with van der Waals surface area (Å²) in [5.41, 5.74) is 1.06. The Morgan fingerprint density at radius 1 is 0.973 bits per heavy atom. The van der Waals surface area contributed by atoms with E-state index in [9.17, 15) is 18.0 Å². The number of carbonyl (C=O) groups excluding carboxylic acids is 2. The number of ether oxygens (including phenoxy) is 2. The second kappa shape index (κ2) is 11.4. The third-order valence-corrected chi connectivity index (χ3v) is 7.91. The third kappa shape index (κ3) is 5.70. The first-order valence-electron chi connectivity index (χ1n) is 11.8. The Hall–Kier alpha value is -3.24. The molecule has 3 aromatic carbocycles. The molecule has 1 heterocycles. The second-order valence-corrected chi connectivity index (χ2v) is 10.6. The van der Waals surface area contributed by atoms with Crippen molar-refractivity contribution >= 4 is 38.9 Å². The number of hydrogen-bond donors (Lipinski definition) is 1. The van der Waals surface area contributed by atoms with E-state index in [1.54, 1.807) is 36.4 Å². The first-order chi connectivity index (χ1) is 17.8. The quantitative estimate of drug-likeness (QED) is 0.400. The van der Waals surface area contributed by atoms with E-state index in [4.69, 9.17) is 21.1 Å². The number of halogens is 1. The molecule has 1 aliphatic rings. The molecule has 0 aromatic heterocycles. The minimum atomic E-state index is -4.05. The molecule has 1 N–H and O–H groups in total. The van der Waals surface area contributed by atoms with Crippen molar-refractivity contribution in [1.29, 1.82) is 0 Å². The molecule has 37 heavy (non-hydrogen) atoms. The predicted octanol–water partition coefficient (Wildman–Crippen LogP) is 4.46. The summed E-state index contributed by atoms with van der Waals surface area (Å²) in [6.45, 7) is 4.63. The highest BCUT2D eigenvalue weighted by Gasteiger charge is 2.36. The van der Waals surface area contributed by atoms with Crippen LogP contribution in [0.1, 0.15) is 40.1 Å². The number of carbonyl (C=O) groups is 2. The number of nitrogens with one attached hydrogen (secondary N) is 1. The van der Waals surface area contributed by atoms with Gasteiger partial charge in [0, 0.05) is 23.8 Å². The SMILES string of the molecule is CCOC(CNC(=O)c1ccc2c(c1)N(Cc1cccc(Cl)c1)C(=O)c1ccccc1S2(=O)=O)OCC. The van der Waals surface area contributed by atoms with E-state index in [0.717, 1.165) is 0 Å². The van der Waals surface area contributed by atoms with Crippen molar-refractivity contribution in [3.05, 3.63) is 88.4 Å². The highest BCUT2D eigenvalue weighted by atomic mass is 35.5. The highest BCUT2D eigenvalue weighted by molar-refractivity contribution is 7.91. The first kappa shape index (κ1) is 26.8. The molecule has 0 aliphatic carbocycles. The number of amides is 2. The van der Waals surface area contributed by atoms with Gasteiger partial charge in [-0.05, 0) is 61.9 Å². The van der Waals surface area contributed by atoms with Gasteiger partial charge in [-0.2, -0.15) is 0 Å². The van der Waals surface area contributed by atoms with E-state index in [0.29, 0.717) is 23.8 Å². The van der Waals surface area contributed by atoms with Gasteiger partial charge in [-0.25, -0.2) is 8.42 Å². The molecule has 8 nitrogen and oxygen atoms in total. The summed E-state index contributed by atoms with van der Waals surface area (Å²) in [6.07, 6.45) is -0.615. The van der Waals surface area contributed by atoms with Gasteiger partial charge in [-0.1, -0.05) is 35.9 Å². The van der Waals surface area contributed by atoms with Crippen molar-refractivity contribution in [3.63, 3.8) is 0 Å². The third-order valence-electron chi connectivity index (χ3n) is 5.82. The summed E-state index contributed by atoms with van der Waals surface area (Å²) in [7, 11) is -4.05. The Balaban J connectivity index is 1.77. The summed E-state index contributed by atoms with van der Waals surface area (Å²) in [5.74, 6) is -0.954. The summed E-state index contributed by atoms with van der Waals surface area (Å²) in [5, 5.41) is 3.24. The molecule has 0 radical (unpaired) electrons. The highest BCUT2D eigenvalue weighted by Crippen LogP contribution is 2.38. The fourth-order valence-corrected chi connectivity index (χ4v) is 5.98. The van der Waals surface area contributed by atoms with Gasteiger partial charge in [0.1, 0.15) is 0 Å². The van der Waals surface area contributed by atoms with Gasteiger partial charge in [0.25, 0.3) is 11.8 Å². The standard InChI is InChI=1S/C27H27ClN2O6S/c1-3-35-25(36-4-2)16-29-26(31)19-12-13-24-22(15-19)30(17-18-8-7-9-20(28)14-18)27(32)21-10-5-6-11-23(21)37(24,33)34/h5-15,25H,3-4,16-17H2,1-2H3,(H,29,31).